The summed E-state index contributed by atoms with van der Waals surface area (Å²) < 4.78 is 49.3. The number of oxazole rings is 2. The molecule has 1 aliphatic rings. The summed E-state index contributed by atoms with van der Waals surface area (Å²) in [5.74, 6) is 1.52. The molecule has 1 aliphatic heterocycles. The zero-order chi connectivity index (χ0) is 40.5. The molecule has 3 heterocycles. The van der Waals surface area contributed by atoms with E-state index >= 15 is 0 Å². The number of carbonyl (C=O) groups excluding carboxylic acids is 1. The summed E-state index contributed by atoms with van der Waals surface area (Å²) in [6.07, 6.45) is 2.07. The van der Waals surface area contributed by atoms with E-state index < -0.39 is 33.7 Å². The number of benzene rings is 3. The first kappa shape index (κ1) is 41.7. The smallest absolute Gasteiger partial charge is 0.410 e. The molecule has 1 N–H and O–H groups in total. The van der Waals surface area contributed by atoms with Crippen LogP contribution in [0.2, 0.25) is 0 Å². The van der Waals surface area contributed by atoms with E-state index in [0.717, 1.165) is 34.4 Å². The molecular formula is C42H49N3O10S. The highest BCUT2D eigenvalue weighted by atomic mass is 32.2. The number of carbonyl (C=O) groups is 2. The normalized spacial score (nSPS) is 15.6. The molecule has 0 unspecified atom stereocenters. The van der Waals surface area contributed by atoms with Gasteiger partial charge in [0.1, 0.15) is 22.9 Å². The summed E-state index contributed by atoms with van der Waals surface area (Å²) in [4.78, 5) is 34.9. The molecule has 2 aromatic heterocycles. The van der Waals surface area contributed by atoms with Gasteiger partial charge in [0.25, 0.3) is 10.1 Å². The first-order valence-corrected chi connectivity index (χ1v) is 20.2. The second-order valence-electron chi connectivity index (χ2n) is 14.6. The van der Waals surface area contributed by atoms with E-state index in [0.29, 0.717) is 61.4 Å². The van der Waals surface area contributed by atoms with E-state index in [2.05, 4.69) is 9.97 Å². The predicted octanol–water partition coefficient (Wildman–Crippen LogP) is 7.55. The minimum atomic E-state index is -3.41. The SMILES string of the molecule is Cc1oc(-c2ccccc2)nc1CCOS(C)(=O)=O.Cc1oc(-c2ccccc2)nc1CCOc1cccc(C[C@@H]2CN(C(=O)OC(C)(C)C)C[C@@H]2C(=O)O)c1. The van der Waals surface area contributed by atoms with E-state index in [9.17, 15) is 23.1 Å². The van der Waals surface area contributed by atoms with Gasteiger partial charge in [-0.2, -0.15) is 8.42 Å². The second kappa shape index (κ2) is 18.4. The largest absolute Gasteiger partial charge is 0.493 e. The molecule has 1 amide bonds. The van der Waals surface area contributed by atoms with Crippen molar-refractivity contribution in [1.82, 2.24) is 14.9 Å². The number of nitrogens with zero attached hydrogens (tertiary/aromatic N) is 3. The van der Waals surface area contributed by atoms with Crippen molar-refractivity contribution in [2.24, 2.45) is 11.8 Å². The lowest BCUT2D eigenvalue weighted by Crippen LogP contribution is -2.36. The van der Waals surface area contributed by atoms with E-state index in [1.807, 2.05) is 91.9 Å². The maximum atomic E-state index is 12.5. The Bertz CT molecular complexity index is 2180. The molecule has 13 nitrogen and oxygen atoms in total. The van der Waals surface area contributed by atoms with Crippen LogP contribution in [-0.4, -0.2) is 78.6 Å². The van der Waals surface area contributed by atoms with Crippen LogP contribution >= 0.6 is 0 Å². The van der Waals surface area contributed by atoms with Crippen LogP contribution in [0.4, 0.5) is 4.79 Å². The molecule has 0 saturated carbocycles. The van der Waals surface area contributed by atoms with E-state index in [1.165, 1.54) is 4.90 Å². The number of aliphatic carboxylic acids is 1. The zero-order valence-corrected chi connectivity index (χ0v) is 33.4. The molecule has 56 heavy (non-hydrogen) atoms. The van der Waals surface area contributed by atoms with Gasteiger partial charge in [-0.3, -0.25) is 8.98 Å². The standard InChI is InChI=1S/C29H34N2O6.C13H15NO4S/c1-19-25(30-26(36-19)21-10-6-5-7-11-21)13-14-35-23-12-8-9-20(16-23)15-22-17-31(18-24(22)27(32)33)28(34)37-29(2,3)4;1-10-12(8-9-17-19(2,15)16)14-13(18-10)11-6-4-3-5-7-11/h5-12,16,22,24H,13-15,17-18H2,1-4H3,(H,32,33);3-7H,8-9H2,1-2H3/t22-,24+;/m1./s1. The number of rotatable bonds is 13. The third-order valence-electron chi connectivity index (χ3n) is 8.88. The Kier molecular flexibility index (Phi) is 13.7. The number of hydrogen-bond donors (Lipinski definition) is 1. The van der Waals surface area contributed by atoms with E-state index in [-0.39, 0.29) is 19.1 Å². The number of aryl methyl sites for hydroxylation is 2. The van der Waals surface area contributed by atoms with Crippen molar-refractivity contribution in [3.05, 3.63) is 113 Å². The van der Waals surface area contributed by atoms with Crippen molar-refractivity contribution in [3.63, 3.8) is 0 Å². The molecular weight excluding hydrogens is 739 g/mol. The average Bonchev–Trinajstić information content (AvgIpc) is 3.85. The van der Waals surface area contributed by atoms with Gasteiger partial charge in [-0.15, -0.1) is 0 Å². The topological polar surface area (TPSA) is 171 Å². The molecule has 3 aromatic carbocycles. The fourth-order valence-electron chi connectivity index (χ4n) is 6.18. The Morgan fingerprint density at radius 1 is 0.821 bits per heavy atom. The Morgan fingerprint density at radius 3 is 1.89 bits per heavy atom. The molecule has 0 bridgehead atoms. The summed E-state index contributed by atoms with van der Waals surface area (Å²) in [5, 5.41) is 9.75. The van der Waals surface area contributed by atoms with Gasteiger partial charge in [-0.1, -0.05) is 48.5 Å². The highest BCUT2D eigenvalue weighted by Gasteiger charge is 2.41. The number of hydrogen-bond acceptors (Lipinski definition) is 11. The van der Waals surface area contributed by atoms with Gasteiger partial charge < -0.3 is 28.3 Å². The van der Waals surface area contributed by atoms with Crippen molar-refractivity contribution in [2.75, 3.05) is 32.6 Å². The van der Waals surface area contributed by atoms with Crippen LogP contribution in [0.5, 0.6) is 5.75 Å². The van der Waals surface area contributed by atoms with E-state index in [1.54, 1.807) is 27.7 Å². The van der Waals surface area contributed by atoms with Crippen LogP contribution in [0, 0.1) is 25.7 Å². The number of likely N-dealkylation sites (tertiary alicyclic amines) is 1. The van der Waals surface area contributed by atoms with Gasteiger partial charge in [0, 0.05) is 37.1 Å². The lowest BCUT2D eigenvalue weighted by molar-refractivity contribution is -0.142. The minimum Gasteiger partial charge on any atom is -0.493 e. The molecule has 298 valence electrons. The van der Waals surface area contributed by atoms with E-state index in [4.69, 9.17) is 22.5 Å². The Hall–Kier alpha value is -5.47. The molecule has 1 fully saturated rings. The van der Waals surface area contributed by atoms with Crippen molar-refractivity contribution in [3.8, 4) is 28.7 Å². The highest BCUT2D eigenvalue weighted by molar-refractivity contribution is 7.85. The fraction of sp³-hybridized carbons (Fsp3) is 0.381. The molecule has 6 rings (SSSR count). The molecule has 0 radical (unpaired) electrons. The fourth-order valence-corrected chi connectivity index (χ4v) is 6.57. The first-order valence-electron chi connectivity index (χ1n) is 18.3. The predicted molar refractivity (Wildman–Crippen MR) is 210 cm³/mol. The molecule has 14 heteroatoms. The lowest BCUT2D eigenvalue weighted by Gasteiger charge is -2.24. The van der Waals surface area contributed by atoms with Gasteiger partial charge in [-0.25, -0.2) is 14.8 Å². The van der Waals surface area contributed by atoms with Crippen LogP contribution in [0.15, 0.2) is 93.8 Å². The first-order chi connectivity index (χ1) is 26.5. The summed E-state index contributed by atoms with van der Waals surface area (Å²) in [5.41, 5.74) is 3.72. The van der Waals surface area contributed by atoms with Crippen molar-refractivity contribution >= 4 is 22.2 Å². The Balaban J connectivity index is 0.000000265. The number of carboxylic acids is 1. The highest BCUT2D eigenvalue weighted by Crippen LogP contribution is 2.30. The van der Waals surface area contributed by atoms with Crippen molar-refractivity contribution < 1.29 is 45.6 Å². The Labute approximate surface area is 327 Å². The maximum Gasteiger partial charge on any atom is 0.410 e. The van der Waals surface area contributed by atoms with Gasteiger partial charge >= 0.3 is 12.1 Å². The van der Waals surface area contributed by atoms with Crippen molar-refractivity contribution in [2.45, 2.75) is 59.5 Å². The monoisotopic (exact) mass is 787 g/mol. The lowest BCUT2D eigenvalue weighted by atomic mass is 9.90. The average molecular weight is 788 g/mol. The quantitative estimate of drug-likeness (QED) is 0.116. The summed E-state index contributed by atoms with van der Waals surface area (Å²) in [6.45, 7) is 10.1. The molecule has 1 saturated heterocycles. The molecule has 0 spiro atoms. The Morgan fingerprint density at radius 2 is 1.38 bits per heavy atom. The maximum absolute atomic E-state index is 12.5. The molecule has 0 aliphatic carbocycles. The van der Waals surface area contributed by atoms with Crippen LogP contribution in [-0.2, 0) is 43.1 Å². The summed E-state index contributed by atoms with van der Waals surface area (Å²) in [6, 6.07) is 27.0. The minimum absolute atomic E-state index is 0.0699. The van der Waals surface area contributed by atoms with Crippen LogP contribution in [0.25, 0.3) is 22.9 Å². The molecule has 5 aromatic rings. The third-order valence-corrected chi connectivity index (χ3v) is 9.47. The third kappa shape index (κ3) is 12.3. The van der Waals surface area contributed by atoms with Crippen LogP contribution in [0.3, 0.4) is 0 Å². The number of carboxylic acid groups (broad SMARTS) is 1. The van der Waals surface area contributed by atoms with Gasteiger partial charge in [0.05, 0.1) is 36.8 Å². The summed E-state index contributed by atoms with van der Waals surface area (Å²) in [7, 11) is -3.41. The number of amides is 1. The van der Waals surface area contributed by atoms with Gasteiger partial charge in [0.2, 0.25) is 11.8 Å². The zero-order valence-electron chi connectivity index (χ0n) is 32.6. The number of aromatic nitrogens is 2. The van der Waals surface area contributed by atoms with Crippen LogP contribution in [0.1, 0.15) is 49.2 Å². The second-order valence-corrected chi connectivity index (χ2v) is 16.2. The molecule has 2 atom stereocenters. The summed E-state index contributed by atoms with van der Waals surface area (Å²) >= 11 is 0. The number of ether oxygens (including phenoxy) is 2. The van der Waals surface area contributed by atoms with Gasteiger partial charge in [-0.05, 0) is 88.9 Å². The van der Waals surface area contributed by atoms with Crippen molar-refractivity contribution in [1.29, 1.82) is 0 Å². The van der Waals surface area contributed by atoms with Gasteiger partial charge in [0.15, 0.2) is 0 Å². The van der Waals surface area contributed by atoms with Crippen LogP contribution < -0.4 is 4.74 Å².